The number of nitrogens with zero attached hydrogens (tertiary/aromatic N) is 1. The van der Waals surface area contributed by atoms with E-state index in [9.17, 15) is 4.79 Å². The van der Waals surface area contributed by atoms with Crippen molar-refractivity contribution in [3.8, 4) is 5.75 Å². The number of likely N-dealkylation sites (N-methyl/N-ethyl adjacent to an activating group) is 1. The normalized spacial score (nSPS) is 11.3. The quantitative estimate of drug-likeness (QED) is 0.476. The largest absolute Gasteiger partial charge is 0.421 e. The molecular weight excluding hydrogens is 249 g/mol. The monoisotopic (exact) mass is 262 g/mol. The lowest BCUT2D eigenvalue weighted by Gasteiger charge is -2.22. The van der Waals surface area contributed by atoms with Crippen LogP contribution in [0.15, 0.2) is 18.2 Å². The number of hydrogen-bond donors (Lipinski definition) is 0. The van der Waals surface area contributed by atoms with Crippen LogP contribution in [0.2, 0.25) is 10.0 Å². The summed E-state index contributed by atoms with van der Waals surface area (Å²) in [5.74, 6) is 0.0150. The van der Waals surface area contributed by atoms with E-state index in [4.69, 9.17) is 27.9 Å². The van der Waals surface area contributed by atoms with Crippen LogP contribution in [0.4, 0.5) is 0 Å². The summed E-state index contributed by atoms with van der Waals surface area (Å²) in [6, 6.07) is 4.75. The lowest BCUT2D eigenvalue weighted by Crippen LogP contribution is -2.41. The molecule has 1 aromatic carbocycles. The second-order valence-corrected chi connectivity index (χ2v) is 5.34. The molecule has 0 unspecified atom stereocenters. The van der Waals surface area contributed by atoms with Gasteiger partial charge >= 0.3 is 5.97 Å². The average Bonchev–Trinajstić information content (AvgIpc) is 2.06. The van der Waals surface area contributed by atoms with Gasteiger partial charge in [-0.2, -0.15) is 0 Å². The van der Waals surface area contributed by atoms with E-state index < -0.39 is 0 Å². The third-order valence-corrected chi connectivity index (χ3v) is 2.25. The number of halogens is 2. The molecule has 0 bridgehead atoms. The van der Waals surface area contributed by atoms with Gasteiger partial charge in [-0.25, -0.2) is 4.79 Å². The lowest BCUT2D eigenvalue weighted by atomic mass is 10.3. The second kappa shape index (κ2) is 5.04. The highest BCUT2D eigenvalue weighted by Crippen LogP contribution is 2.27. The minimum Gasteiger partial charge on any atom is -0.421 e. The van der Waals surface area contributed by atoms with Gasteiger partial charge in [0.15, 0.2) is 6.54 Å². The Bertz CT molecular complexity index is 399. The van der Waals surface area contributed by atoms with Crippen molar-refractivity contribution in [1.29, 1.82) is 0 Å². The smallest absolute Gasteiger partial charge is 0.367 e. The highest BCUT2D eigenvalue weighted by atomic mass is 35.5. The van der Waals surface area contributed by atoms with Gasteiger partial charge < -0.3 is 9.22 Å². The third-order valence-electron chi connectivity index (χ3n) is 1.72. The highest BCUT2D eigenvalue weighted by molar-refractivity contribution is 6.35. The Morgan fingerprint density at radius 2 is 1.94 bits per heavy atom. The summed E-state index contributed by atoms with van der Waals surface area (Å²) in [4.78, 5) is 11.5. The fourth-order valence-corrected chi connectivity index (χ4v) is 1.55. The minimum atomic E-state index is -0.322. The number of rotatable bonds is 3. The molecule has 0 aliphatic carbocycles. The molecule has 0 spiro atoms. The van der Waals surface area contributed by atoms with Gasteiger partial charge in [-0.05, 0) is 18.2 Å². The van der Waals surface area contributed by atoms with Crippen molar-refractivity contribution in [2.45, 2.75) is 0 Å². The van der Waals surface area contributed by atoms with Crippen molar-refractivity contribution in [2.75, 3.05) is 27.7 Å². The fourth-order valence-electron chi connectivity index (χ4n) is 1.10. The molecule has 0 aliphatic heterocycles. The summed E-state index contributed by atoms with van der Waals surface area (Å²) in [5, 5.41) is 0.846. The Morgan fingerprint density at radius 1 is 1.31 bits per heavy atom. The summed E-state index contributed by atoms with van der Waals surface area (Å²) < 4.78 is 5.64. The number of esters is 1. The Hall–Kier alpha value is -0.770. The van der Waals surface area contributed by atoms with Crippen molar-refractivity contribution in [3.05, 3.63) is 28.2 Å². The Balaban J connectivity index is 2.70. The van der Waals surface area contributed by atoms with E-state index in [1.54, 1.807) is 12.1 Å². The third kappa shape index (κ3) is 4.39. The van der Waals surface area contributed by atoms with Crippen molar-refractivity contribution >= 4 is 29.2 Å². The first-order valence-corrected chi connectivity index (χ1v) is 5.50. The zero-order chi connectivity index (χ0) is 12.3. The number of carbonyl (C=O) groups is 1. The van der Waals surface area contributed by atoms with Crippen molar-refractivity contribution in [2.24, 2.45) is 0 Å². The summed E-state index contributed by atoms with van der Waals surface area (Å²) >= 11 is 11.6. The predicted molar refractivity (Wildman–Crippen MR) is 65.0 cm³/mol. The van der Waals surface area contributed by atoms with E-state index >= 15 is 0 Å². The first kappa shape index (κ1) is 13.3. The van der Waals surface area contributed by atoms with E-state index in [0.29, 0.717) is 20.3 Å². The standard InChI is InChI=1S/C11H14Cl2NO2/c1-14(2,3)7-11(15)16-10-5-4-8(12)6-9(10)13/h4-6H,7H2,1-3H3/q+1. The van der Waals surface area contributed by atoms with Crippen LogP contribution < -0.4 is 4.74 Å². The van der Waals surface area contributed by atoms with Gasteiger partial charge in [-0.3, -0.25) is 0 Å². The molecule has 0 N–H and O–H groups in total. The van der Waals surface area contributed by atoms with E-state index in [1.165, 1.54) is 6.07 Å². The predicted octanol–water partition coefficient (Wildman–Crippen LogP) is 2.61. The molecule has 0 heterocycles. The summed E-state index contributed by atoms with van der Waals surface area (Å²) in [6.07, 6.45) is 0. The van der Waals surface area contributed by atoms with Crippen molar-refractivity contribution in [3.63, 3.8) is 0 Å². The van der Waals surface area contributed by atoms with Crippen LogP contribution in [0.1, 0.15) is 0 Å². The van der Waals surface area contributed by atoms with Crippen LogP contribution >= 0.6 is 23.2 Å². The van der Waals surface area contributed by atoms with E-state index in [2.05, 4.69) is 0 Å². The maximum absolute atomic E-state index is 11.5. The molecule has 5 heteroatoms. The minimum absolute atomic E-state index is 0.277. The molecule has 0 amide bonds. The van der Waals surface area contributed by atoms with E-state index in [-0.39, 0.29) is 12.5 Å². The van der Waals surface area contributed by atoms with E-state index in [0.717, 1.165) is 0 Å². The molecule has 0 saturated heterocycles. The van der Waals surface area contributed by atoms with Crippen LogP contribution in [0, 0.1) is 0 Å². The molecule has 1 aromatic rings. The van der Waals surface area contributed by atoms with Crippen molar-refractivity contribution in [1.82, 2.24) is 0 Å². The van der Waals surface area contributed by atoms with Gasteiger partial charge in [0.2, 0.25) is 0 Å². The molecule has 16 heavy (non-hydrogen) atoms. The van der Waals surface area contributed by atoms with Crippen molar-refractivity contribution < 1.29 is 14.0 Å². The number of hydrogen-bond acceptors (Lipinski definition) is 2. The lowest BCUT2D eigenvalue weighted by molar-refractivity contribution is -0.862. The Labute approximate surface area is 105 Å². The van der Waals surface area contributed by atoms with Crippen LogP contribution in [-0.2, 0) is 4.79 Å². The van der Waals surface area contributed by atoms with Crippen LogP contribution in [0.25, 0.3) is 0 Å². The first-order chi connectivity index (χ1) is 7.28. The zero-order valence-electron chi connectivity index (χ0n) is 9.46. The maximum atomic E-state index is 11.5. The molecule has 0 radical (unpaired) electrons. The topological polar surface area (TPSA) is 26.3 Å². The van der Waals surface area contributed by atoms with Gasteiger partial charge in [-0.15, -0.1) is 0 Å². The van der Waals surface area contributed by atoms with Gasteiger partial charge in [0, 0.05) is 5.02 Å². The van der Waals surface area contributed by atoms with E-state index in [1.807, 2.05) is 21.1 Å². The van der Waals surface area contributed by atoms with Crippen LogP contribution in [-0.4, -0.2) is 38.1 Å². The molecule has 1 rings (SSSR count). The zero-order valence-corrected chi connectivity index (χ0v) is 11.0. The number of benzene rings is 1. The number of carbonyl (C=O) groups excluding carboxylic acids is 1. The summed E-state index contributed by atoms with van der Waals surface area (Å²) in [5.41, 5.74) is 0. The Kier molecular flexibility index (Phi) is 4.19. The number of ether oxygens (including phenoxy) is 1. The van der Waals surface area contributed by atoms with Crippen LogP contribution in [0.5, 0.6) is 5.75 Å². The van der Waals surface area contributed by atoms with Gasteiger partial charge in [0.1, 0.15) is 5.75 Å². The molecule has 0 aliphatic rings. The molecular formula is C11H14Cl2NO2+. The maximum Gasteiger partial charge on any atom is 0.367 e. The molecule has 3 nitrogen and oxygen atoms in total. The molecule has 88 valence electrons. The summed E-state index contributed by atoms with van der Waals surface area (Å²) in [6.45, 7) is 0.277. The SMILES string of the molecule is C[N+](C)(C)CC(=O)Oc1ccc(Cl)cc1Cl. The molecule has 0 atom stereocenters. The fraction of sp³-hybridized carbons (Fsp3) is 0.364. The second-order valence-electron chi connectivity index (χ2n) is 4.50. The number of quaternary nitrogens is 1. The first-order valence-electron chi connectivity index (χ1n) is 4.74. The van der Waals surface area contributed by atoms with Gasteiger partial charge in [0.25, 0.3) is 0 Å². The summed E-state index contributed by atoms with van der Waals surface area (Å²) in [7, 11) is 5.72. The molecule has 0 saturated carbocycles. The van der Waals surface area contributed by atoms with Gasteiger partial charge in [-0.1, -0.05) is 23.2 Å². The van der Waals surface area contributed by atoms with Gasteiger partial charge in [0.05, 0.1) is 26.2 Å². The molecule has 0 aromatic heterocycles. The Morgan fingerprint density at radius 3 is 2.44 bits per heavy atom. The van der Waals surface area contributed by atoms with Crippen LogP contribution in [0.3, 0.4) is 0 Å². The average molecular weight is 263 g/mol. The molecule has 0 fully saturated rings. The highest BCUT2D eigenvalue weighted by Gasteiger charge is 2.17.